The van der Waals surface area contributed by atoms with Gasteiger partial charge in [0.25, 0.3) is 0 Å². The Balaban J connectivity index is 1.55. The van der Waals surface area contributed by atoms with Crippen LogP contribution in [0, 0.1) is 5.41 Å². The molecule has 1 saturated heterocycles. The number of aromatic nitrogens is 4. The van der Waals surface area contributed by atoms with E-state index in [2.05, 4.69) is 34.4 Å². The van der Waals surface area contributed by atoms with Gasteiger partial charge in [-0.3, -0.25) is 32.5 Å². The predicted molar refractivity (Wildman–Crippen MR) is 173 cm³/mol. The number of fused-ring (bicyclic) bond motifs is 1. The Labute approximate surface area is 293 Å². The van der Waals surface area contributed by atoms with Crippen molar-refractivity contribution in [2.24, 2.45) is 5.41 Å². The van der Waals surface area contributed by atoms with Crippen molar-refractivity contribution in [1.29, 1.82) is 0 Å². The molecule has 7 atom stereocenters. The van der Waals surface area contributed by atoms with Crippen LogP contribution in [-0.2, 0) is 50.7 Å². The topological polar surface area (TPSA) is 364 Å². The van der Waals surface area contributed by atoms with Crippen LogP contribution >= 0.6 is 35.2 Å². The molecule has 1 aliphatic rings. The Kier molecular flexibility index (Phi) is 14.8. The molecular formula is C23H38N7O17P3S. The van der Waals surface area contributed by atoms with E-state index in [1.807, 2.05) is 0 Å². The van der Waals surface area contributed by atoms with Crippen molar-refractivity contribution < 1.29 is 80.5 Å². The maximum Gasteiger partial charge on any atom is 0.481 e. The van der Waals surface area contributed by atoms with Gasteiger partial charge in [-0.1, -0.05) is 25.6 Å². The molecule has 1 aliphatic heterocycles. The average molecular weight is 810 g/mol. The highest BCUT2D eigenvalue weighted by molar-refractivity contribution is 8.13. The number of carbonyl (C=O) groups is 3. The summed E-state index contributed by atoms with van der Waals surface area (Å²) in [6.07, 6.45) is -6.88. The van der Waals surface area contributed by atoms with Crippen molar-refractivity contribution in [2.75, 3.05) is 37.8 Å². The molecule has 24 nitrogen and oxygen atoms in total. The van der Waals surface area contributed by atoms with Crippen molar-refractivity contribution in [3.05, 3.63) is 12.7 Å². The molecular weight excluding hydrogens is 771 g/mol. The highest BCUT2D eigenvalue weighted by atomic mass is 32.2. The third-order valence-corrected chi connectivity index (χ3v) is 10.7. The van der Waals surface area contributed by atoms with Gasteiger partial charge in [-0.2, -0.15) is 4.31 Å². The van der Waals surface area contributed by atoms with Crippen molar-refractivity contribution in [2.45, 2.75) is 57.8 Å². The number of nitrogens with one attached hydrogen (secondary N) is 2. The summed E-state index contributed by atoms with van der Waals surface area (Å²) in [4.78, 5) is 85.9. The highest BCUT2D eigenvalue weighted by Crippen LogP contribution is 2.61. The summed E-state index contributed by atoms with van der Waals surface area (Å²) >= 11 is 1.03. The van der Waals surface area contributed by atoms with Crippen LogP contribution < -0.4 is 16.4 Å². The van der Waals surface area contributed by atoms with Crippen LogP contribution in [-0.4, -0.2) is 123 Å². The van der Waals surface area contributed by atoms with Gasteiger partial charge in [0.05, 0.1) is 19.5 Å². The molecule has 2 amide bonds. The maximum absolute atomic E-state index is 12.6. The molecule has 0 aromatic carbocycles. The minimum atomic E-state index is -5.56. The van der Waals surface area contributed by atoms with E-state index in [1.54, 1.807) is 0 Å². The maximum atomic E-state index is 12.6. The molecule has 0 radical (unpaired) electrons. The van der Waals surface area contributed by atoms with E-state index in [1.165, 1.54) is 20.8 Å². The lowest BCUT2D eigenvalue weighted by Gasteiger charge is -2.30. The number of aliphatic hydroxyl groups excluding tert-OH is 2. The van der Waals surface area contributed by atoms with Gasteiger partial charge in [0.2, 0.25) is 11.8 Å². The van der Waals surface area contributed by atoms with E-state index >= 15 is 0 Å². The Morgan fingerprint density at radius 2 is 1.75 bits per heavy atom. The van der Waals surface area contributed by atoms with Gasteiger partial charge in [-0.05, 0) is 0 Å². The third-order valence-electron chi connectivity index (χ3n) is 6.81. The number of nitrogen functional groups attached to an aromatic ring is 1. The molecule has 10 N–H and O–H groups in total. The van der Waals surface area contributed by atoms with E-state index in [-0.39, 0.29) is 41.6 Å². The zero-order valence-electron chi connectivity index (χ0n) is 27.1. The summed E-state index contributed by atoms with van der Waals surface area (Å²) < 4.78 is 61.8. The van der Waals surface area contributed by atoms with E-state index in [0.717, 1.165) is 29.0 Å². The number of phosphoric ester groups is 3. The number of ether oxygens (including phenoxy) is 1. The van der Waals surface area contributed by atoms with Crippen molar-refractivity contribution in [1.82, 2.24) is 30.2 Å². The number of hydrogen-bond acceptors (Lipinski definition) is 18. The first-order chi connectivity index (χ1) is 23.5. The predicted octanol–water partition coefficient (Wildman–Crippen LogP) is -1.32. The van der Waals surface area contributed by atoms with Crippen LogP contribution in [0.4, 0.5) is 5.82 Å². The summed E-state index contributed by atoms with van der Waals surface area (Å²) in [5.74, 6) is -1.08. The zero-order chi connectivity index (χ0) is 38.4. The second-order valence-corrected chi connectivity index (χ2v) is 16.9. The molecule has 3 rings (SSSR count). The fourth-order valence-corrected chi connectivity index (χ4v) is 7.65. The summed E-state index contributed by atoms with van der Waals surface area (Å²) in [5.41, 5.74) is 4.26. The molecule has 2 aromatic heterocycles. The highest BCUT2D eigenvalue weighted by Gasteiger charge is 2.50. The lowest BCUT2D eigenvalue weighted by molar-refractivity contribution is -0.137. The van der Waals surface area contributed by atoms with Gasteiger partial charge in [0.15, 0.2) is 22.8 Å². The Morgan fingerprint density at radius 3 is 2.39 bits per heavy atom. The first-order valence-corrected chi connectivity index (χ1v) is 20.0. The third kappa shape index (κ3) is 12.9. The first-order valence-electron chi connectivity index (χ1n) is 14.5. The molecule has 0 aliphatic carbocycles. The number of anilines is 1. The number of carbonyl (C=O) groups excluding carboxylic acids is 3. The number of aliphatic hydroxyl groups is 2. The van der Waals surface area contributed by atoms with Gasteiger partial charge < -0.3 is 50.9 Å². The monoisotopic (exact) mass is 809 g/mol. The summed E-state index contributed by atoms with van der Waals surface area (Å²) in [5, 5.41) is 26.1. The molecule has 0 saturated carbocycles. The standard InChI is InChI=1S/C23H38N7O17P3S/c1-12(31)51-7-6-25-14(32)4-5-26-21(35)18(34)23(2,3)9-44-50(41,42)47-49(39,40)43-8-13-17(46-48(36,37)38)16(33)22(45-13)30-11-29-15-19(24)27-10-28-20(15)30/h10-11,13,16-18,22,33-34H,4-9H2,1-3H3,(H,25,32)(H,26,35)(H,39,40)(H,41,42)(H2,24,27,28)(H2,36,37,38)/t13-,16-,17-,18-,22-/m1/s1. The van der Waals surface area contributed by atoms with Crippen LogP contribution in [0.15, 0.2) is 12.7 Å². The zero-order valence-corrected chi connectivity index (χ0v) is 30.6. The molecule has 288 valence electrons. The first kappa shape index (κ1) is 43.0. The lowest BCUT2D eigenvalue weighted by atomic mass is 9.87. The number of rotatable bonds is 19. The molecule has 2 aromatic rings. The largest absolute Gasteiger partial charge is 0.481 e. The number of hydrogen-bond donors (Lipinski definition) is 9. The fraction of sp³-hybridized carbons (Fsp3) is 0.652. The van der Waals surface area contributed by atoms with Gasteiger partial charge in [0, 0.05) is 37.6 Å². The second-order valence-electron chi connectivity index (χ2n) is 11.4. The molecule has 0 spiro atoms. The SMILES string of the molecule is CC(=O)SCCNC(=O)CCNC(=O)[C@@H](O)C(C)(C)COP(=O)(O)OP(=O)(O)OC[C@H]1O[C@@H](n2cnc3c(N)ncnc32)[C@H](O)[C@@H]1OP(=O)(O)O. The molecule has 2 unspecified atom stereocenters. The van der Waals surface area contributed by atoms with Crippen LogP contribution in [0.1, 0.15) is 33.4 Å². The fourth-order valence-electron chi connectivity index (χ4n) is 4.32. The minimum absolute atomic E-state index is 0.0310. The van der Waals surface area contributed by atoms with E-state index in [0.29, 0.717) is 5.75 Å². The quantitative estimate of drug-likeness (QED) is 0.0587. The molecule has 0 bridgehead atoms. The summed E-state index contributed by atoms with van der Waals surface area (Å²) in [6.45, 7) is 1.90. The van der Waals surface area contributed by atoms with Crippen LogP contribution in [0.2, 0.25) is 0 Å². The van der Waals surface area contributed by atoms with Crippen molar-refractivity contribution >= 4 is 69.1 Å². The Bertz CT molecular complexity index is 1710. The molecule has 28 heteroatoms. The van der Waals surface area contributed by atoms with Crippen molar-refractivity contribution in [3.8, 4) is 0 Å². The lowest BCUT2D eigenvalue weighted by Crippen LogP contribution is -2.46. The van der Waals surface area contributed by atoms with Crippen LogP contribution in [0.3, 0.4) is 0 Å². The summed E-state index contributed by atoms with van der Waals surface area (Å²) in [6, 6.07) is 0. The normalized spacial score (nSPS) is 22.6. The van der Waals surface area contributed by atoms with E-state index in [4.69, 9.17) is 19.5 Å². The smallest absolute Gasteiger partial charge is 0.386 e. The molecule has 51 heavy (non-hydrogen) atoms. The number of phosphoric acid groups is 3. The van der Waals surface area contributed by atoms with Gasteiger partial charge in [-0.25, -0.2) is 28.6 Å². The van der Waals surface area contributed by atoms with Gasteiger partial charge in [-0.15, -0.1) is 0 Å². The Morgan fingerprint density at radius 1 is 1.08 bits per heavy atom. The van der Waals surface area contributed by atoms with E-state index < -0.39 is 84.6 Å². The Hall–Kier alpha value is -2.44. The number of nitrogens with two attached hydrogens (primary N) is 1. The number of thioether (sulfide) groups is 1. The van der Waals surface area contributed by atoms with Crippen LogP contribution in [0.5, 0.6) is 0 Å². The van der Waals surface area contributed by atoms with Gasteiger partial charge >= 0.3 is 23.5 Å². The van der Waals surface area contributed by atoms with Crippen molar-refractivity contribution in [3.63, 3.8) is 0 Å². The number of nitrogens with zero attached hydrogens (tertiary/aromatic N) is 4. The van der Waals surface area contributed by atoms with Gasteiger partial charge in [0.1, 0.15) is 36.3 Å². The molecule has 1 fully saturated rings. The second kappa shape index (κ2) is 17.6. The molecule has 3 heterocycles. The minimum Gasteiger partial charge on any atom is -0.386 e. The summed E-state index contributed by atoms with van der Waals surface area (Å²) in [7, 11) is -16.4. The number of imidazole rings is 1. The van der Waals surface area contributed by atoms with E-state index in [9.17, 15) is 57.9 Å². The van der Waals surface area contributed by atoms with Crippen LogP contribution in [0.25, 0.3) is 11.2 Å². The average Bonchev–Trinajstić information content (AvgIpc) is 3.57. The number of amides is 2.